The van der Waals surface area contributed by atoms with Crippen molar-refractivity contribution in [1.29, 1.82) is 0 Å². The predicted molar refractivity (Wildman–Crippen MR) is 250 cm³/mol. The molecule has 0 aliphatic heterocycles. The first kappa shape index (κ1) is 77.4. The summed E-state index contributed by atoms with van der Waals surface area (Å²) in [6.45, 7) is -0.602. The quantitative estimate of drug-likeness (QED) is 0.00978. The van der Waals surface area contributed by atoms with Gasteiger partial charge in [-0.25, -0.2) is 16.8 Å². The number of nitrogens with zero attached hydrogens (tertiary/aromatic N) is 8. The molecule has 0 atom stereocenters. The van der Waals surface area contributed by atoms with Crippen LogP contribution in [0.5, 0.6) is 0 Å². The van der Waals surface area contributed by atoms with Crippen LogP contribution in [0.1, 0.15) is 45.7 Å². The maximum absolute atomic E-state index is 12.7. The van der Waals surface area contributed by atoms with Gasteiger partial charge in [0.15, 0.2) is 11.6 Å². The molecule has 2 heterocycles. The SMILES string of the molecule is CC(=O)c1ccc(Nc2nc(Nc3ccc(/C=C/c4ccc(Nc5nc(Nc6ccc(C(C)=O)cc6)nc(N(CCO[O-])CC(=O)[O-])n5)cc4S(=O)(=O)[O-])c(S(=O)(=O)[O-])c3)nc(N(CCO[O-])CC(=O)[O-])n2)cc1.[Na+].[Na+].[Na+].[Na+].[Na+].[Na+]. The van der Waals surface area contributed by atoms with Crippen molar-refractivity contribution >= 4 is 114 Å². The van der Waals surface area contributed by atoms with Gasteiger partial charge in [0.05, 0.1) is 48.0 Å². The minimum Gasteiger partial charge on any atom is -0.744 e. The zero-order valence-electron chi connectivity index (χ0n) is 44.4. The van der Waals surface area contributed by atoms with Crippen molar-refractivity contribution < 1.29 is 253 Å². The number of carboxylic acids is 2. The average Bonchev–Trinajstić information content (AvgIpc) is 3.33. The third kappa shape index (κ3) is 23.8. The van der Waals surface area contributed by atoms with Gasteiger partial charge in [-0.3, -0.25) is 9.59 Å². The second-order valence-electron chi connectivity index (χ2n) is 15.3. The number of hydrogen-bond donors (Lipinski definition) is 4. The minimum absolute atomic E-state index is 0. The molecule has 0 bridgehead atoms. The monoisotopic (exact) mass is 1190 g/mol. The Balaban J connectivity index is 0.0000104. The van der Waals surface area contributed by atoms with Crippen LogP contribution in [0.15, 0.2) is 94.7 Å². The molecular formula is C44H38N12Na6O16S2. The van der Waals surface area contributed by atoms with E-state index in [-0.39, 0.29) is 260 Å². The van der Waals surface area contributed by atoms with Crippen molar-refractivity contribution in [3.63, 3.8) is 0 Å². The van der Waals surface area contributed by atoms with Crippen LogP contribution in [0, 0.1) is 0 Å². The molecule has 0 amide bonds. The van der Waals surface area contributed by atoms with E-state index in [1.54, 1.807) is 0 Å². The van der Waals surface area contributed by atoms with E-state index in [4.69, 9.17) is 0 Å². The van der Waals surface area contributed by atoms with Crippen molar-refractivity contribution in [2.75, 3.05) is 70.5 Å². The van der Waals surface area contributed by atoms with E-state index in [0.29, 0.717) is 22.5 Å². The Labute approximate surface area is 590 Å². The summed E-state index contributed by atoms with van der Waals surface area (Å²) in [5, 5.41) is 56.1. The molecule has 0 radical (unpaired) electrons. The molecule has 36 heteroatoms. The van der Waals surface area contributed by atoms with Gasteiger partial charge in [-0.2, -0.15) is 29.9 Å². The number of benzene rings is 4. The van der Waals surface area contributed by atoms with Crippen molar-refractivity contribution in [1.82, 2.24) is 29.9 Å². The van der Waals surface area contributed by atoms with E-state index < -0.39 is 68.3 Å². The Morgan fingerprint density at radius 2 is 0.775 bits per heavy atom. The molecule has 0 aliphatic carbocycles. The number of carbonyl (C=O) groups excluding carboxylic acids is 4. The van der Waals surface area contributed by atoms with Gasteiger partial charge in [-0.1, -0.05) is 24.3 Å². The first-order chi connectivity index (χ1) is 35.1. The van der Waals surface area contributed by atoms with Crippen LogP contribution in [0.4, 0.5) is 58.4 Å². The molecule has 80 heavy (non-hydrogen) atoms. The standard InChI is InChI=1S/C44H44N12O16S2.6Na/c1-25(57)27-5-11-31(12-6-27)45-39-49-41(53-43(51-39)55(17-19-71-63)23-37(59)60)47-33-15-9-29(35(21-33)73(65,66)67)3-4-30-10-16-34(22-36(30)74(68,69)70)48-42-50-40(46-32-13-7-28(8-14-32)26(2)58)52-44(54-42)56(18-20-72-64)24-38(61)62;;;;;;/h3-16,21-22,63-64H,17-20,23-24H2,1-2H3,(H,59,60)(H,61,62)(H,65,66,67)(H,68,69,70)(H2,45,47,49,51,53)(H2,46,48,50,52,54);;;;;;/q;6*+1/p-6/b4-3+;;;;;;. The van der Waals surface area contributed by atoms with Crippen LogP contribution in [0.25, 0.3) is 12.2 Å². The fourth-order valence-corrected chi connectivity index (χ4v) is 7.94. The Hall–Kier alpha value is -2.62. The number of aromatic nitrogens is 6. The zero-order valence-corrected chi connectivity index (χ0v) is 58.0. The first-order valence-electron chi connectivity index (χ1n) is 21.2. The molecule has 0 saturated carbocycles. The Morgan fingerprint density at radius 1 is 0.487 bits per heavy atom. The maximum atomic E-state index is 12.7. The Bertz CT molecular complexity index is 3130. The summed E-state index contributed by atoms with van der Waals surface area (Å²) in [4.78, 5) is 80.1. The summed E-state index contributed by atoms with van der Waals surface area (Å²) in [5.74, 6) is -5.35. The topological polar surface area (TPSA) is 425 Å². The third-order valence-electron chi connectivity index (χ3n) is 9.96. The van der Waals surface area contributed by atoms with E-state index in [9.17, 15) is 65.8 Å². The van der Waals surface area contributed by atoms with E-state index in [2.05, 4.69) is 60.9 Å². The smallest absolute Gasteiger partial charge is 0.744 e. The third-order valence-corrected chi connectivity index (χ3v) is 11.7. The molecule has 0 spiro atoms. The van der Waals surface area contributed by atoms with Crippen LogP contribution in [-0.4, -0.2) is 119 Å². The molecule has 388 valence electrons. The van der Waals surface area contributed by atoms with Gasteiger partial charge in [0.1, 0.15) is 20.2 Å². The molecule has 4 N–H and O–H groups in total. The van der Waals surface area contributed by atoms with Crippen molar-refractivity contribution in [2.24, 2.45) is 0 Å². The number of carboxylic acid groups (broad SMARTS) is 2. The summed E-state index contributed by atoms with van der Waals surface area (Å²) < 4.78 is 76.1. The molecule has 2 aromatic heterocycles. The number of Topliss-reactive ketones (excluding diaryl/α,β-unsaturated/α-hetero) is 2. The molecule has 6 aromatic rings. The van der Waals surface area contributed by atoms with Gasteiger partial charge in [0, 0.05) is 47.0 Å². The molecule has 4 aromatic carbocycles. The molecular weight excluding hydrogens is 1150 g/mol. The second kappa shape index (κ2) is 36.3. The number of carbonyl (C=O) groups is 4. The summed E-state index contributed by atoms with van der Waals surface area (Å²) in [7, 11) is -10.7. The van der Waals surface area contributed by atoms with Crippen LogP contribution in [-0.2, 0) is 39.6 Å². The number of aliphatic carboxylic acids is 2. The summed E-state index contributed by atoms with van der Waals surface area (Å²) in [5.41, 5.74) is 0.684. The maximum Gasteiger partial charge on any atom is 1.00 e. The zero-order chi connectivity index (χ0) is 53.7. The van der Waals surface area contributed by atoms with E-state index >= 15 is 0 Å². The fraction of sp³-hybridized carbons (Fsp3) is 0.182. The molecule has 28 nitrogen and oxygen atoms in total. The van der Waals surface area contributed by atoms with Crippen molar-refractivity contribution in [3.05, 3.63) is 107 Å². The fourth-order valence-electron chi connectivity index (χ4n) is 6.55. The first-order valence-corrected chi connectivity index (χ1v) is 24.0. The molecule has 6 rings (SSSR count). The largest absolute Gasteiger partial charge is 1.00 e. The van der Waals surface area contributed by atoms with Crippen molar-refractivity contribution in [3.8, 4) is 0 Å². The van der Waals surface area contributed by atoms with Gasteiger partial charge < -0.3 is 80.3 Å². The number of nitrogens with one attached hydrogen (secondary N) is 4. The van der Waals surface area contributed by atoms with Gasteiger partial charge in [0.25, 0.3) is 0 Å². The van der Waals surface area contributed by atoms with E-state index in [1.807, 2.05) is 0 Å². The number of anilines is 10. The number of rotatable bonds is 26. The van der Waals surface area contributed by atoms with Crippen molar-refractivity contribution in [2.45, 2.75) is 23.6 Å². The van der Waals surface area contributed by atoms with Crippen LogP contribution < -0.4 is 229 Å². The molecule has 0 unspecified atom stereocenters. The number of hydrogen-bond acceptors (Lipinski definition) is 28. The van der Waals surface area contributed by atoms with Crippen LogP contribution >= 0.6 is 0 Å². The van der Waals surface area contributed by atoms with Crippen LogP contribution in [0.2, 0.25) is 0 Å². The average molecular weight is 1190 g/mol. The molecule has 0 fully saturated rings. The van der Waals surface area contributed by atoms with E-state index in [1.165, 1.54) is 74.5 Å². The predicted octanol–water partition coefficient (Wildman–Crippen LogP) is -18.9. The summed E-state index contributed by atoms with van der Waals surface area (Å²) >= 11 is 0. The molecule has 0 saturated heterocycles. The Morgan fingerprint density at radius 3 is 1.04 bits per heavy atom. The van der Waals surface area contributed by atoms with Gasteiger partial charge in [0.2, 0.25) is 35.7 Å². The van der Waals surface area contributed by atoms with Gasteiger partial charge >= 0.3 is 177 Å². The van der Waals surface area contributed by atoms with Gasteiger partial charge in [-0.05, 0) is 97.8 Å². The second-order valence-corrected chi connectivity index (χ2v) is 18.0. The summed E-state index contributed by atoms with van der Waals surface area (Å²) in [6.07, 6.45) is 2.08. The number of ketones is 2. The normalized spacial score (nSPS) is 10.6. The van der Waals surface area contributed by atoms with Crippen LogP contribution in [0.3, 0.4) is 0 Å². The minimum atomic E-state index is -5.33. The Kier molecular flexibility index (Phi) is 35.1. The van der Waals surface area contributed by atoms with E-state index in [0.717, 1.165) is 46.2 Å². The van der Waals surface area contributed by atoms with Gasteiger partial charge in [-0.15, -0.1) is 0 Å². The summed E-state index contributed by atoms with van der Waals surface area (Å²) in [6, 6.07) is 18.7. The molecule has 0 aliphatic rings.